The Bertz CT molecular complexity index is 502. The molecule has 1 saturated heterocycles. The van der Waals surface area contributed by atoms with Crippen molar-refractivity contribution >= 4 is 28.2 Å². The molecule has 0 spiro atoms. The van der Waals surface area contributed by atoms with Crippen molar-refractivity contribution < 1.29 is 4.79 Å². The van der Waals surface area contributed by atoms with Crippen LogP contribution in [-0.4, -0.2) is 67.5 Å². The van der Waals surface area contributed by atoms with Crippen molar-refractivity contribution in [3.05, 3.63) is 4.88 Å². The van der Waals surface area contributed by atoms with E-state index in [0.717, 1.165) is 37.6 Å². The van der Waals surface area contributed by atoms with Crippen molar-refractivity contribution in [2.75, 3.05) is 51.4 Å². The Hall–Kier alpha value is -1.34. The summed E-state index contributed by atoms with van der Waals surface area (Å²) in [6.45, 7) is 4.60. The van der Waals surface area contributed by atoms with E-state index in [1.807, 2.05) is 37.9 Å². The Morgan fingerprint density at radius 1 is 1.48 bits per heavy atom. The molecule has 2 rings (SSSR count). The molecule has 0 radical (unpaired) electrons. The van der Waals surface area contributed by atoms with Gasteiger partial charge in [0.05, 0.1) is 0 Å². The third kappa shape index (κ3) is 3.47. The van der Waals surface area contributed by atoms with Gasteiger partial charge in [0.25, 0.3) is 5.91 Å². The first-order valence-electron chi connectivity index (χ1n) is 7.37. The highest BCUT2D eigenvalue weighted by Crippen LogP contribution is 2.30. The van der Waals surface area contributed by atoms with E-state index in [1.54, 1.807) is 0 Å². The number of anilines is 2. The van der Waals surface area contributed by atoms with Crippen molar-refractivity contribution in [3.63, 3.8) is 0 Å². The lowest BCUT2D eigenvalue weighted by atomic mass is 10.2. The second-order valence-corrected chi connectivity index (χ2v) is 6.76. The number of thiazole rings is 1. The lowest BCUT2D eigenvalue weighted by Gasteiger charge is -2.26. The number of amides is 1. The molecule has 1 atom stereocenters. The summed E-state index contributed by atoms with van der Waals surface area (Å²) in [4.78, 5) is 23.8. The minimum Gasteiger partial charge on any atom is -0.382 e. The molecule has 1 fully saturated rings. The van der Waals surface area contributed by atoms with E-state index in [1.165, 1.54) is 11.3 Å². The molecular formula is C14H25N5OS. The molecule has 0 aromatic carbocycles. The van der Waals surface area contributed by atoms with Crippen LogP contribution in [0.3, 0.4) is 0 Å². The van der Waals surface area contributed by atoms with Gasteiger partial charge in [0.15, 0.2) is 5.13 Å². The molecule has 1 aromatic rings. The molecule has 1 amide bonds. The number of carbonyl (C=O) groups excluding carboxylic acids is 1. The van der Waals surface area contributed by atoms with Crippen LogP contribution in [0.5, 0.6) is 0 Å². The number of hydrogen-bond acceptors (Lipinski definition) is 6. The largest absolute Gasteiger partial charge is 0.382 e. The fourth-order valence-corrected chi connectivity index (χ4v) is 3.58. The zero-order valence-corrected chi connectivity index (χ0v) is 14.1. The molecule has 21 heavy (non-hydrogen) atoms. The van der Waals surface area contributed by atoms with E-state index in [0.29, 0.717) is 10.7 Å². The number of hydrogen-bond donors (Lipinski definition) is 1. The quantitative estimate of drug-likeness (QED) is 0.889. The van der Waals surface area contributed by atoms with E-state index in [4.69, 9.17) is 5.73 Å². The number of likely N-dealkylation sites (N-methyl/N-ethyl adjacent to an activating group) is 1. The second kappa shape index (κ2) is 6.62. The Balaban J connectivity index is 2.17. The number of nitrogens with zero attached hydrogens (tertiary/aromatic N) is 4. The number of rotatable bonds is 5. The predicted octanol–water partition coefficient (Wildman–Crippen LogP) is 1.35. The van der Waals surface area contributed by atoms with E-state index < -0.39 is 0 Å². The van der Waals surface area contributed by atoms with Gasteiger partial charge in [-0.05, 0) is 33.9 Å². The fraction of sp³-hybridized carbons (Fsp3) is 0.714. The summed E-state index contributed by atoms with van der Waals surface area (Å²) < 4.78 is 0. The topological polar surface area (TPSA) is 65.7 Å². The fourth-order valence-electron chi connectivity index (χ4n) is 2.62. The number of carbonyl (C=O) groups is 1. The average molecular weight is 311 g/mol. The second-order valence-electron chi connectivity index (χ2n) is 5.78. The van der Waals surface area contributed by atoms with Crippen LogP contribution in [-0.2, 0) is 0 Å². The summed E-state index contributed by atoms with van der Waals surface area (Å²) in [5.74, 6) is 0.390. The number of nitrogens with two attached hydrogens (primary N) is 1. The molecule has 0 aliphatic carbocycles. The van der Waals surface area contributed by atoms with Crippen LogP contribution in [0.1, 0.15) is 29.4 Å². The van der Waals surface area contributed by atoms with Crippen LogP contribution in [0.2, 0.25) is 0 Å². The molecule has 1 aliphatic rings. The van der Waals surface area contributed by atoms with Crippen molar-refractivity contribution in [1.29, 1.82) is 0 Å². The van der Waals surface area contributed by atoms with Gasteiger partial charge in [0, 0.05) is 32.7 Å². The Morgan fingerprint density at radius 3 is 2.81 bits per heavy atom. The van der Waals surface area contributed by atoms with Crippen LogP contribution in [0.25, 0.3) is 0 Å². The van der Waals surface area contributed by atoms with Crippen LogP contribution in [0.4, 0.5) is 10.9 Å². The molecular weight excluding hydrogens is 286 g/mol. The lowest BCUT2D eigenvalue weighted by molar-refractivity contribution is 0.0722. The van der Waals surface area contributed by atoms with E-state index in [-0.39, 0.29) is 11.9 Å². The minimum atomic E-state index is 0.0325. The monoisotopic (exact) mass is 311 g/mol. The molecule has 2 heterocycles. The van der Waals surface area contributed by atoms with Crippen molar-refractivity contribution in [1.82, 2.24) is 14.8 Å². The predicted molar refractivity (Wildman–Crippen MR) is 88.1 cm³/mol. The lowest BCUT2D eigenvalue weighted by Crippen LogP contribution is -2.41. The first-order chi connectivity index (χ1) is 9.93. The highest BCUT2D eigenvalue weighted by atomic mass is 32.1. The van der Waals surface area contributed by atoms with E-state index in [9.17, 15) is 4.79 Å². The van der Waals surface area contributed by atoms with E-state index in [2.05, 4.69) is 9.88 Å². The molecule has 1 aromatic heterocycles. The summed E-state index contributed by atoms with van der Waals surface area (Å²) in [7, 11) is 6.03. The van der Waals surface area contributed by atoms with E-state index >= 15 is 0 Å². The molecule has 0 bridgehead atoms. The molecule has 1 unspecified atom stereocenters. The van der Waals surface area contributed by atoms with Crippen molar-refractivity contribution in [2.24, 2.45) is 0 Å². The molecule has 1 aliphatic heterocycles. The first-order valence-corrected chi connectivity index (χ1v) is 8.18. The number of nitrogen functional groups attached to an aromatic ring is 1. The standard InChI is InChI=1S/C14H25N5OS/c1-5-18(4)14-16-12(15)11(21-14)13(20)19-8-6-7-10(19)9-17(2)3/h10H,5-9,15H2,1-4H3. The van der Waals surface area contributed by atoms with Gasteiger partial charge in [-0.25, -0.2) is 4.98 Å². The molecule has 2 N–H and O–H groups in total. The summed E-state index contributed by atoms with van der Waals surface area (Å²) >= 11 is 1.39. The van der Waals surface area contributed by atoms with Gasteiger partial charge >= 0.3 is 0 Å². The molecule has 7 heteroatoms. The van der Waals surface area contributed by atoms with Gasteiger partial charge in [-0.3, -0.25) is 4.79 Å². The van der Waals surface area contributed by atoms with Gasteiger partial charge in [-0.1, -0.05) is 11.3 Å². The van der Waals surface area contributed by atoms with Gasteiger partial charge in [0.2, 0.25) is 0 Å². The van der Waals surface area contributed by atoms with Crippen LogP contribution in [0, 0.1) is 0 Å². The zero-order valence-electron chi connectivity index (χ0n) is 13.3. The number of aromatic nitrogens is 1. The summed E-state index contributed by atoms with van der Waals surface area (Å²) in [6, 6.07) is 0.279. The maximum Gasteiger partial charge on any atom is 0.268 e. The summed E-state index contributed by atoms with van der Waals surface area (Å²) in [5.41, 5.74) is 5.96. The SMILES string of the molecule is CCN(C)c1nc(N)c(C(=O)N2CCCC2CN(C)C)s1. The summed E-state index contributed by atoms with van der Waals surface area (Å²) in [5, 5.41) is 0.807. The maximum absolute atomic E-state index is 12.8. The third-order valence-corrected chi connectivity index (χ3v) is 5.02. The van der Waals surface area contributed by atoms with Crippen LogP contribution in [0.15, 0.2) is 0 Å². The Labute approximate surface area is 130 Å². The van der Waals surface area contributed by atoms with Gasteiger partial charge in [-0.15, -0.1) is 0 Å². The van der Waals surface area contributed by atoms with Crippen LogP contribution >= 0.6 is 11.3 Å². The Morgan fingerprint density at radius 2 is 2.19 bits per heavy atom. The third-order valence-electron chi connectivity index (χ3n) is 3.85. The minimum absolute atomic E-state index is 0.0325. The average Bonchev–Trinajstić information content (AvgIpc) is 3.03. The van der Waals surface area contributed by atoms with Gasteiger partial charge in [0.1, 0.15) is 10.7 Å². The highest BCUT2D eigenvalue weighted by Gasteiger charge is 2.32. The Kier molecular flexibility index (Phi) is 5.05. The van der Waals surface area contributed by atoms with Gasteiger partial charge in [-0.2, -0.15) is 0 Å². The molecule has 118 valence electrons. The first kappa shape index (κ1) is 16.0. The smallest absolute Gasteiger partial charge is 0.268 e. The normalized spacial score (nSPS) is 18.5. The maximum atomic E-state index is 12.8. The van der Waals surface area contributed by atoms with Gasteiger partial charge < -0.3 is 20.4 Å². The van der Waals surface area contributed by atoms with Crippen LogP contribution < -0.4 is 10.6 Å². The number of likely N-dealkylation sites (tertiary alicyclic amines) is 1. The zero-order chi connectivity index (χ0) is 15.6. The highest BCUT2D eigenvalue weighted by molar-refractivity contribution is 7.18. The summed E-state index contributed by atoms with van der Waals surface area (Å²) in [6.07, 6.45) is 2.12. The molecule has 6 nitrogen and oxygen atoms in total. The molecule has 0 saturated carbocycles. The van der Waals surface area contributed by atoms with Crippen molar-refractivity contribution in [2.45, 2.75) is 25.8 Å². The van der Waals surface area contributed by atoms with Crippen molar-refractivity contribution in [3.8, 4) is 0 Å².